The zero-order chi connectivity index (χ0) is 15.0. The molecule has 0 bridgehead atoms. The molecule has 5 nitrogen and oxygen atoms in total. The predicted molar refractivity (Wildman–Crippen MR) is 85.6 cm³/mol. The lowest BCUT2D eigenvalue weighted by molar-refractivity contribution is 0.597. The molecule has 0 spiro atoms. The van der Waals surface area contributed by atoms with Gasteiger partial charge in [-0.25, -0.2) is 13.6 Å². The molecule has 0 atom stereocenters. The van der Waals surface area contributed by atoms with Crippen LogP contribution in [-0.4, -0.2) is 32.0 Å². The van der Waals surface area contributed by atoms with Gasteiger partial charge < -0.3 is 10.6 Å². The van der Waals surface area contributed by atoms with Gasteiger partial charge in [-0.1, -0.05) is 13.8 Å². The van der Waals surface area contributed by atoms with E-state index in [9.17, 15) is 8.42 Å². The summed E-state index contributed by atoms with van der Waals surface area (Å²) in [6.07, 6.45) is 1.04. The van der Waals surface area contributed by atoms with Crippen LogP contribution in [0.5, 0.6) is 0 Å². The number of rotatable bonds is 2. The Bertz CT molecular complexity index is 600. The topological polar surface area (TPSA) is 89.4 Å². The number of sulfonamides is 1. The number of hydrogen-bond acceptors (Lipinski definition) is 5. The fourth-order valence-corrected chi connectivity index (χ4v) is 3.92. The van der Waals surface area contributed by atoms with E-state index in [2.05, 4.69) is 18.7 Å². The second kappa shape index (κ2) is 5.46. The lowest BCUT2D eigenvalue weighted by Crippen LogP contribution is -2.27. The average molecular weight is 315 g/mol. The highest BCUT2D eigenvalue weighted by Gasteiger charge is 2.24. The molecule has 4 N–H and O–H groups in total. The number of nitrogen functional groups attached to an aromatic ring is 1. The van der Waals surface area contributed by atoms with Gasteiger partial charge in [-0.3, -0.25) is 0 Å². The van der Waals surface area contributed by atoms with Crippen molar-refractivity contribution in [2.75, 3.05) is 29.5 Å². The third-order valence-corrected chi connectivity index (χ3v) is 5.71. The Morgan fingerprint density at radius 3 is 2.60 bits per heavy atom. The molecule has 20 heavy (non-hydrogen) atoms. The number of thioether (sulfide) groups is 1. The number of nitrogens with two attached hydrogens (primary N) is 2. The molecular formula is C13H21N3O2S2. The maximum absolute atomic E-state index is 11.5. The number of nitrogens with zero attached hydrogens (tertiary/aromatic N) is 1. The molecule has 0 radical (unpaired) electrons. The van der Waals surface area contributed by atoms with Crippen LogP contribution in [0, 0.1) is 0 Å². The van der Waals surface area contributed by atoms with Gasteiger partial charge in [0.05, 0.1) is 4.90 Å². The average Bonchev–Trinajstić information content (AvgIpc) is 2.48. The Kier molecular flexibility index (Phi) is 4.22. The molecule has 0 aromatic heterocycles. The highest BCUT2D eigenvalue weighted by atomic mass is 32.2. The van der Waals surface area contributed by atoms with E-state index in [4.69, 9.17) is 10.9 Å². The number of anilines is 2. The van der Waals surface area contributed by atoms with Gasteiger partial charge in [-0.15, -0.1) is 0 Å². The molecule has 1 aliphatic rings. The predicted octanol–water partition coefficient (Wildman–Crippen LogP) is 1.64. The van der Waals surface area contributed by atoms with Crippen LogP contribution in [0.1, 0.15) is 20.3 Å². The fourth-order valence-electron chi connectivity index (χ4n) is 2.23. The Morgan fingerprint density at radius 1 is 1.25 bits per heavy atom. The molecule has 1 aromatic rings. The van der Waals surface area contributed by atoms with Gasteiger partial charge in [-0.05, 0) is 24.6 Å². The van der Waals surface area contributed by atoms with Gasteiger partial charge in [-0.2, -0.15) is 11.8 Å². The summed E-state index contributed by atoms with van der Waals surface area (Å²) in [5, 5.41) is 5.19. The summed E-state index contributed by atoms with van der Waals surface area (Å²) in [6.45, 7) is 6.22. The first kappa shape index (κ1) is 15.5. The van der Waals surface area contributed by atoms with Gasteiger partial charge >= 0.3 is 0 Å². The second-order valence-corrected chi connectivity index (χ2v) is 9.01. The lowest BCUT2D eigenvalue weighted by Gasteiger charge is -2.25. The van der Waals surface area contributed by atoms with Crippen LogP contribution in [0.15, 0.2) is 23.1 Å². The monoisotopic (exact) mass is 315 g/mol. The van der Waals surface area contributed by atoms with Crippen LogP contribution in [0.4, 0.5) is 11.4 Å². The summed E-state index contributed by atoms with van der Waals surface area (Å²) in [4.78, 5) is 2.25. The molecule has 0 saturated carbocycles. The summed E-state index contributed by atoms with van der Waals surface area (Å²) in [5.74, 6) is 1.01. The molecule has 0 unspecified atom stereocenters. The molecule has 0 amide bonds. The first-order valence-electron chi connectivity index (χ1n) is 6.50. The molecule has 1 fully saturated rings. The second-order valence-electron chi connectivity index (χ2n) is 5.65. The minimum Gasteiger partial charge on any atom is -0.399 e. The van der Waals surface area contributed by atoms with Crippen LogP contribution in [0.2, 0.25) is 0 Å². The van der Waals surface area contributed by atoms with Crippen molar-refractivity contribution in [3.05, 3.63) is 18.2 Å². The smallest absolute Gasteiger partial charge is 0.238 e. The van der Waals surface area contributed by atoms with E-state index in [1.54, 1.807) is 12.1 Å². The quantitative estimate of drug-likeness (QED) is 0.810. The Balaban J connectivity index is 2.31. The largest absolute Gasteiger partial charge is 0.399 e. The van der Waals surface area contributed by atoms with Gasteiger partial charge in [0.2, 0.25) is 10.0 Å². The van der Waals surface area contributed by atoms with E-state index in [1.165, 1.54) is 6.07 Å². The van der Waals surface area contributed by atoms with E-state index in [0.29, 0.717) is 5.69 Å². The summed E-state index contributed by atoms with van der Waals surface area (Å²) in [7, 11) is -3.73. The summed E-state index contributed by atoms with van der Waals surface area (Å²) >= 11 is 1.94. The first-order valence-corrected chi connectivity index (χ1v) is 9.03. The third-order valence-electron chi connectivity index (χ3n) is 3.45. The molecule has 1 aromatic carbocycles. The summed E-state index contributed by atoms with van der Waals surface area (Å²) < 4.78 is 23.2. The molecule has 1 saturated heterocycles. The van der Waals surface area contributed by atoms with Crippen molar-refractivity contribution in [3.63, 3.8) is 0 Å². The third kappa shape index (κ3) is 3.80. The van der Waals surface area contributed by atoms with Crippen molar-refractivity contribution >= 4 is 33.2 Å². The molecule has 7 heteroatoms. The maximum Gasteiger partial charge on any atom is 0.238 e. The zero-order valence-electron chi connectivity index (χ0n) is 11.8. The van der Waals surface area contributed by atoms with Crippen molar-refractivity contribution in [2.24, 2.45) is 5.14 Å². The Hall–Kier alpha value is -0.920. The summed E-state index contributed by atoms with van der Waals surface area (Å²) in [5.41, 5.74) is 7.05. The molecule has 1 aliphatic heterocycles. The summed E-state index contributed by atoms with van der Waals surface area (Å²) in [6, 6.07) is 4.81. The van der Waals surface area contributed by atoms with E-state index >= 15 is 0 Å². The van der Waals surface area contributed by atoms with E-state index in [1.807, 2.05) is 11.8 Å². The maximum atomic E-state index is 11.5. The van der Waals surface area contributed by atoms with Gasteiger partial charge in [0, 0.05) is 35.0 Å². The van der Waals surface area contributed by atoms with E-state index < -0.39 is 10.0 Å². The zero-order valence-corrected chi connectivity index (χ0v) is 13.4. The molecule has 1 heterocycles. The van der Waals surface area contributed by atoms with Crippen LogP contribution < -0.4 is 15.8 Å². The normalized spacial score (nSPS) is 19.6. The van der Waals surface area contributed by atoms with E-state index in [-0.39, 0.29) is 9.64 Å². The van der Waals surface area contributed by atoms with Crippen molar-refractivity contribution in [1.82, 2.24) is 0 Å². The van der Waals surface area contributed by atoms with Crippen LogP contribution >= 0.6 is 11.8 Å². The highest BCUT2D eigenvalue weighted by Crippen LogP contribution is 2.33. The SMILES string of the molecule is CC1(C)CCN(c2cc(N)cc(S(N)(=O)=O)c2)CCS1. The lowest BCUT2D eigenvalue weighted by atomic mass is 10.1. The van der Waals surface area contributed by atoms with Crippen LogP contribution in [0.3, 0.4) is 0 Å². The van der Waals surface area contributed by atoms with Crippen molar-refractivity contribution in [1.29, 1.82) is 0 Å². The van der Waals surface area contributed by atoms with Crippen molar-refractivity contribution in [2.45, 2.75) is 29.9 Å². The Morgan fingerprint density at radius 2 is 1.95 bits per heavy atom. The molecular weight excluding hydrogens is 294 g/mol. The highest BCUT2D eigenvalue weighted by molar-refractivity contribution is 8.00. The van der Waals surface area contributed by atoms with Crippen molar-refractivity contribution in [3.8, 4) is 0 Å². The molecule has 2 rings (SSSR count). The van der Waals surface area contributed by atoms with Crippen LogP contribution in [0.25, 0.3) is 0 Å². The Labute approximate surface area is 124 Å². The van der Waals surface area contributed by atoms with E-state index in [0.717, 1.165) is 31.0 Å². The molecule has 0 aliphatic carbocycles. The van der Waals surface area contributed by atoms with Gasteiger partial charge in [0.15, 0.2) is 0 Å². The minimum atomic E-state index is -3.73. The number of hydrogen-bond donors (Lipinski definition) is 2. The van der Waals surface area contributed by atoms with Crippen molar-refractivity contribution < 1.29 is 8.42 Å². The number of benzene rings is 1. The van der Waals surface area contributed by atoms with Gasteiger partial charge in [0.1, 0.15) is 0 Å². The van der Waals surface area contributed by atoms with Crippen LogP contribution in [-0.2, 0) is 10.0 Å². The molecule has 112 valence electrons. The fraction of sp³-hybridized carbons (Fsp3) is 0.538. The number of primary sulfonamides is 1. The minimum absolute atomic E-state index is 0.0728. The van der Waals surface area contributed by atoms with Gasteiger partial charge in [0.25, 0.3) is 0 Å². The first-order chi connectivity index (χ1) is 9.17. The standard InChI is InChI=1S/C13H21N3O2S2/c1-13(2)3-4-16(5-6-19-13)11-7-10(14)8-12(9-11)20(15,17)18/h7-9H,3-6,14H2,1-2H3,(H2,15,17,18).